The van der Waals surface area contributed by atoms with Crippen LogP contribution in [0.1, 0.15) is 25.0 Å². The topological polar surface area (TPSA) is 52.3 Å². The van der Waals surface area contributed by atoms with Crippen LogP contribution in [0.15, 0.2) is 28.2 Å². The van der Waals surface area contributed by atoms with E-state index in [2.05, 4.69) is 4.98 Å². The van der Waals surface area contributed by atoms with Crippen LogP contribution in [0.2, 0.25) is 0 Å². The molecule has 0 aromatic carbocycles. The van der Waals surface area contributed by atoms with Crippen LogP contribution < -0.4 is 0 Å². The Labute approximate surface area is 124 Å². The van der Waals surface area contributed by atoms with E-state index < -0.39 is 10.8 Å². The smallest absolute Gasteiger partial charge is 0.162 e. The quantitative estimate of drug-likeness (QED) is 0.851. The molecule has 1 aliphatic heterocycles. The van der Waals surface area contributed by atoms with Gasteiger partial charge in [0.05, 0.1) is 29.6 Å². The molecular weight excluding hydrogens is 294 g/mol. The number of furan rings is 1. The zero-order valence-corrected chi connectivity index (χ0v) is 12.8. The average Bonchev–Trinajstić information content (AvgIpc) is 3.10. The summed E-state index contributed by atoms with van der Waals surface area (Å²) in [6.07, 6.45) is 5.13. The summed E-state index contributed by atoms with van der Waals surface area (Å²) >= 11 is 1.52. The minimum Gasteiger partial charge on any atom is -0.462 e. The van der Waals surface area contributed by atoms with Gasteiger partial charge in [-0.2, -0.15) is 0 Å². The van der Waals surface area contributed by atoms with Crippen molar-refractivity contribution < 1.29 is 13.4 Å². The van der Waals surface area contributed by atoms with Crippen molar-refractivity contribution >= 4 is 22.1 Å². The Bertz CT molecular complexity index is 559. The van der Waals surface area contributed by atoms with Crippen molar-refractivity contribution in [1.29, 1.82) is 0 Å². The molecule has 2 atom stereocenters. The van der Waals surface area contributed by atoms with Crippen molar-refractivity contribution in [2.45, 2.75) is 31.1 Å². The van der Waals surface area contributed by atoms with Gasteiger partial charge in [0, 0.05) is 22.8 Å². The molecule has 1 saturated heterocycles. The molecule has 4 nitrogen and oxygen atoms in total. The van der Waals surface area contributed by atoms with E-state index in [4.69, 9.17) is 9.15 Å². The SMILES string of the molecule is O=S(Cc1csc(-c2ccco2)n1)CC1CCCCO1. The Morgan fingerprint density at radius 2 is 2.40 bits per heavy atom. The normalized spacial score (nSPS) is 20.9. The highest BCUT2D eigenvalue weighted by molar-refractivity contribution is 7.84. The second-order valence-electron chi connectivity index (χ2n) is 4.86. The predicted molar refractivity (Wildman–Crippen MR) is 80.1 cm³/mol. The fraction of sp³-hybridized carbons (Fsp3) is 0.500. The van der Waals surface area contributed by atoms with Gasteiger partial charge in [0.2, 0.25) is 0 Å². The zero-order valence-electron chi connectivity index (χ0n) is 11.1. The van der Waals surface area contributed by atoms with Crippen LogP contribution in [0.5, 0.6) is 0 Å². The summed E-state index contributed by atoms with van der Waals surface area (Å²) in [5.74, 6) is 1.88. The number of hydrogen-bond acceptors (Lipinski definition) is 5. The molecule has 0 bridgehead atoms. The number of nitrogens with zero attached hydrogens (tertiary/aromatic N) is 1. The lowest BCUT2D eigenvalue weighted by molar-refractivity contribution is 0.0310. The number of hydrogen-bond donors (Lipinski definition) is 0. The molecule has 0 radical (unpaired) electrons. The van der Waals surface area contributed by atoms with Crippen LogP contribution in [-0.4, -0.2) is 27.7 Å². The molecule has 0 aliphatic carbocycles. The first-order chi connectivity index (χ1) is 9.81. The van der Waals surface area contributed by atoms with Crippen LogP contribution in [0.3, 0.4) is 0 Å². The molecule has 2 unspecified atom stereocenters. The first-order valence-electron chi connectivity index (χ1n) is 6.76. The van der Waals surface area contributed by atoms with Gasteiger partial charge in [-0.25, -0.2) is 4.98 Å². The molecule has 2 aromatic rings. The van der Waals surface area contributed by atoms with Crippen molar-refractivity contribution in [2.24, 2.45) is 0 Å². The second-order valence-corrected chi connectivity index (χ2v) is 7.22. The van der Waals surface area contributed by atoms with Gasteiger partial charge in [0.1, 0.15) is 0 Å². The second kappa shape index (κ2) is 6.65. The van der Waals surface area contributed by atoms with Crippen molar-refractivity contribution in [1.82, 2.24) is 4.98 Å². The maximum Gasteiger partial charge on any atom is 0.162 e. The van der Waals surface area contributed by atoms with Crippen LogP contribution in [-0.2, 0) is 21.3 Å². The molecule has 1 aliphatic rings. The highest BCUT2D eigenvalue weighted by Gasteiger charge is 2.18. The molecule has 1 fully saturated rings. The van der Waals surface area contributed by atoms with Gasteiger partial charge in [-0.1, -0.05) is 0 Å². The number of ether oxygens (including phenoxy) is 1. The third kappa shape index (κ3) is 3.56. The maximum absolute atomic E-state index is 12.1. The summed E-state index contributed by atoms with van der Waals surface area (Å²) < 4.78 is 23.1. The fourth-order valence-electron chi connectivity index (χ4n) is 2.26. The van der Waals surface area contributed by atoms with Crippen molar-refractivity contribution in [3.63, 3.8) is 0 Å². The van der Waals surface area contributed by atoms with Gasteiger partial charge in [-0.05, 0) is 31.4 Å². The number of rotatable bonds is 5. The standard InChI is InChI=1S/C14H17NO3S2/c16-20(10-12-4-1-2-6-17-12)9-11-8-19-14(15-11)13-5-3-7-18-13/h3,5,7-8,12H,1-2,4,6,9-10H2. The van der Waals surface area contributed by atoms with E-state index in [1.807, 2.05) is 17.5 Å². The lowest BCUT2D eigenvalue weighted by atomic mass is 10.1. The molecule has 2 aromatic heterocycles. The number of thiazole rings is 1. The molecule has 0 amide bonds. The first-order valence-corrected chi connectivity index (χ1v) is 9.13. The van der Waals surface area contributed by atoms with Gasteiger partial charge in [-0.15, -0.1) is 11.3 Å². The van der Waals surface area contributed by atoms with Crippen molar-refractivity contribution in [3.05, 3.63) is 29.5 Å². The van der Waals surface area contributed by atoms with E-state index >= 15 is 0 Å². The molecule has 0 saturated carbocycles. The summed E-state index contributed by atoms with van der Waals surface area (Å²) in [5.41, 5.74) is 0.871. The summed E-state index contributed by atoms with van der Waals surface area (Å²) in [7, 11) is -0.913. The highest BCUT2D eigenvalue weighted by atomic mass is 32.2. The molecule has 20 heavy (non-hydrogen) atoms. The van der Waals surface area contributed by atoms with Crippen LogP contribution >= 0.6 is 11.3 Å². The van der Waals surface area contributed by atoms with E-state index in [0.717, 1.165) is 35.9 Å². The van der Waals surface area contributed by atoms with Crippen molar-refractivity contribution in [2.75, 3.05) is 12.4 Å². The number of aromatic nitrogens is 1. The highest BCUT2D eigenvalue weighted by Crippen LogP contribution is 2.24. The predicted octanol–water partition coefficient (Wildman–Crippen LogP) is 3.22. The molecule has 3 rings (SSSR count). The third-order valence-electron chi connectivity index (χ3n) is 3.24. The molecular formula is C14H17NO3S2. The fourth-order valence-corrected chi connectivity index (χ4v) is 4.42. The summed E-state index contributed by atoms with van der Waals surface area (Å²) in [5, 5.41) is 2.80. The van der Waals surface area contributed by atoms with Gasteiger partial charge in [-0.3, -0.25) is 4.21 Å². The Morgan fingerprint density at radius 3 is 3.15 bits per heavy atom. The first kappa shape index (κ1) is 14.0. The van der Waals surface area contributed by atoms with Crippen LogP contribution in [0, 0.1) is 0 Å². The molecule has 108 valence electrons. The van der Waals surface area contributed by atoms with E-state index in [1.165, 1.54) is 17.8 Å². The van der Waals surface area contributed by atoms with Gasteiger partial charge in [0.15, 0.2) is 10.8 Å². The lowest BCUT2D eigenvalue weighted by Crippen LogP contribution is -2.25. The summed E-state index contributed by atoms with van der Waals surface area (Å²) in [6, 6.07) is 3.73. The largest absolute Gasteiger partial charge is 0.462 e. The molecule has 6 heteroatoms. The minimum atomic E-state index is -0.913. The lowest BCUT2D eigenvalue weighted by Gasteiger charge is -2.21. The summed E-state index contributed by atoms with van der Waals surface area (Å²) in [6.45, 7) is 0.807. The molecule has 0 N–H and O–H groups in total. The molecule has 0 spiro atoms. The Balaban J connectivity index is 1.56. The van der Waals surface area contributed by atoms with Gasteiger partial charge >= 0.3 is 0 Å². The average molecular weight is 311 g/mol. The van der Waals surface area contributed by atoms with E-state index in [1.54, 1.807) is 6.26 Å². The van der Waals surface area contributed by atoms with E-state index in [9.17, 15) is 4.21 Å². The maximum atomic E-state index is 12.1. The van der Waals surface area contributed by atoms with E-state index in [0.29, 0.717) is 11.5 Å². The Hall–Kier alpha value is -0.980. The van der Waals surface area contributed by atoms with Gasteiger partial charge < -0.3 is 9.15 Å². The molecule has 3 heterocycles. The van der Waals surface area contributed by atoms with Crippen LogP contribution in [0.4, 0.5) is 0 Å². The monoisotopic (exact) mass is 311 g/mol. The van der Waals surface area contributed by atoms with Gasteiger partial charge in [0.25, 0.3) is 0 Å². The van der Waals surface area contributed by atoms with E-state index in [-0.39, 0.29) is 6.10 Å². The summed E-state index contributed by atoms with van der Waals surface area (Å²) in [4.78, 5) is 4.48. The van der Waals surface area contributed by atoms with Crippen LogP contribution in [0.25, 0.3) is 10.8 Å². The van der Waals surface area contributed by atoms with Crippen molar-refractivity contribution in [3.8, 4) is 10.8 Å². The zero-order chi connectivity index (χ0) is 13.8. The Morgan fingerprint density at radius 1 is 1.45 bits per heavy atom. The minimum absolute atomic E-state index is 0.160. The third-order valence-corrected chi connectivity index (χ3v) is 5.51. The Kier molecular flexibility index (Phi) is 4.65.